The van der Waals surface area contributed by atoms with Gasteiger partial charge in [-0.15, -0.1) is 5.10 Å². The van der Waals surface area contributed by atoms with Crippen LogP contribution in [0.1, 0.15) is 40.6 Å². The highest BCUT2D eigenvalue weighted by molar-refractivity contribution is 5.92. The number of pyridine rings is 1. The van der Waals surface area contributed by atoms with Crippen LogP contribution in [0.2, 0.25) is 0 Å². The SMILES string of the molecule is O=C(c1cccnn1)N1CCC[C@H](c2nccn2Cc2cccnc2)C1. The van der Waals surface area contributed by atoms with Crippen molar-refractivity contribution in [3.8, 4) is 0 Å². The molecule has 0 aliphatic carbocycles. The zero-order chi connectivity index (χ0) is 17.8. The van der Waals surface area contributed by atoms with Crippen LogP contribution in [0.4, 0.5) is 0 Å². The molecule has 1 fully saturated rings. The van der Waals surface area contributed by atoms with Gasteiger partial charge in [-0.3, -0.25) is 9.78 Å². The standard InChI is InChI=1S/C19H20N6O/c26-19(17-6-2-8-22-23-17)25-10-3-5-16(14-25)18-21-9-11-24(18)13-15-4-1-7-20-12-15/h1-2,4,6-9,11-12,16H,3,5,10,13-14H2/t16-/m0/s1. The summed E-state index contributed by atoms with van der Waals surface area (Å²) in [6, 6.07) is 7.44. The predicted molar refractivity (Wildman–Crippen MR) is 95.5 cm³/mol. The van der Waals surface area contributed by atoms with Crippen LogP contribution in [-0.2, 0) is 6.54 Å². The number of aromatic nitrogens is 5. The Labute approximate surface area is 151 Å². The average Bonchev–Trinajstić information content (AvgIpc) is 3.17. The molecule has 3 aromatic rings. The molecule has 0 aromatic carbocycles. The molecule has 0 N–H and O–H groups in total. The minimum Gasteiger partial charge on any atom is -0.337 e. The summed E-state index contributed by atoms with van der Waals surface area (Å²) >= 11 is 0. The molecule has 1 amide bonds. The summed E-state index contributed by atoms with van der Waals surface area (Å²) in [4.78, 5) is 23.3. The van der Waals surface area contributed by atoms with Gasteiger partial charge in [-0.2, -0.15) is 5.10 Å². The van der Waals surface area contributed by atoms with E-state index in [4.69, 9.17) is 0 Å². The van der Waals surface area contributed by atoms with E-state index < -0.39 is 0 Å². The fourth-order valence-corrected chi connectivity index (χ4v) is 3.45. The summed E-state index contributed by atoms with van der Waals surface area (Å²) in [6.07, 6.45) is 11.0. The first kappa shape index (κ1) is 16.4. The molecule has 3 aromatic heterocycles. The van der Waals surface area contributed by atoms with Crippen molar-refractivity contribution < 1.29 is 4.79 Å². The van der Waals surface area contributed by atoms with Crippen LogP contribution in [0, 0.1) is 0 Å². The average molecular weight is 348 g/mol. The van der Waals surface area contributed by atoms with Crippen LogP contribution in [0.5, 0.6) is 0 Å². The van der Waals surface area contributed by atoms with Gasteiger partial charge in [-0.1, -0.05) is 6.07 Å². The van der Waals surface area contributed by atoms with E-state index in [1.54, 1.807) is 24.5 Å². The monoisotopic (exact) mass is 348 g/mol. The normalized spacial score (nSPS) is 17.2. The molecule has 0 unspecified atom stereocenters. The van der Waals surface area contributed by atoms with Gasteiger partial charge in [-0.25, -0.2) is 4.98 Å². The van der Waals surface area contributed by atoms with Gasteiger partial charge in [0.25, 0.3) is 5.91 Å². The number of piperidine rings is 1. The number of carbonyl (C=O) groups excluding carboxylic acids is 1. The fraction of sp³-hybridized carbons (Fsp3) is 0.316. The van der Waals surface area contributed by atoms with E-state index in [1.165, 1.54) is 0 Å². The van der Waals surface area contributed by atoms with Gasteiger partial charge in [0.05, 0.1) is 6.54 Å². The van der Waals surface area contributed by atoms with E-state index in [0.29, 0.717) is 12.2 Å². The Kier molecular flexibility index (Phi) is 4.68. The number of hydrogen-bond donors (Lipinski definition) is 0. The van der Waals surface area contributed by atoms with Crippen molar-refractivity contribution in [3.05, 3.63) is 72.3 Å². The Morgan fingerprint density at radius 2 is 2.12 bits per heavy atom. The van der Waals surface area contributed by atoms with Gasteiger partial charge in [0.15, 0.2) is 5.69 Å². The molecular weight excluding hydrogens is 328 g/mol. The summed E-state index contributed by atoms with van der Waals surface area (Å²) in [5, 5.41) is 7.76. The third-order valence-corrected chi connectivity index (χ3v) is 4.69. The number of nitrogens with zero attached hydrogens (tertiary/aromatic N) is 6. The topological polar surface area (TPSA) is 76.8 Å². The summed E-state index contributed by atoms with van der Waals surface area (Å²) in [6.45, 7) is 2.13. The first-order valence-corrected chi connectivity index (χ1v) is 8.78. The van der Waals surface area contributed by atoms with Crippen molar-refractivity contribution in [2.24, 2.45) is 0 Å². The molecule has 0 bridgehead atoms. The van der Waals surface area contributed by atoms with E-state index in [9.17, 15) is 4.79 Å². The van der Waals surface area contributed by atoms with Gasteiger partial charge >= 0.3 is 0 Å². The maximum absolute atomic E-state index is 12.7. The molecule has 4 rings (SSSR count). The van der Waals surface area contributed by atoms with E-state index >= 15 is 0 Å². The summed E-state index contributed by atoms with van der Waals surface area (Å²) < 4.78 is 2.15. The van der Waals surface area contributed by atoms with E-state index in [1.807, 2.05) is 29.6 Å². The van der Waals surface area contributed by atoms with E-state index in [2.05, 4.69) is 30.8 Å². The summed E-state index contributed by atoms with van der Waals surface area (Å²) in [5.74, 6) is 1.18. The lowest BCUT2D eigenvalue weighted by Crippen LogP contribution is -2.40. The number of likely N-dealkylation sites (tertiary alicyclic amines) is 1. The van der Waals surface area contributed by atoms with Crippen LogP contribution < -0.4 is 0 Å². The molecule has 7 heteroatoms. The molecule has 4 heterocycles. The van der Waals surface area contributed by atoms with Crippen molar-refractivity contribution in [2.75, 3.05) is 13.1 Å². The summed E-state index contributed by atoms with van der Waals surface area (Å²) in [5.41, 5.74) is 1.53. The molecular formula is C19H20N6O. The van der Waals surface area contributed by atoms with Crippen molar-refractivity contribution >= 4 is 5.91 Å². The quantitative estimate of drug-likeness (QED) is 0.722. The minimum atomic E-state index is -0.0619. The molecule has 0 radical (unpaired) electrons. The lowest BCUT2D eigenvalue weighted by molar-refractivity contribution is 0.0696. The number of hydrogen-bond acceptors (Lipinski definition) is 5. The summed E-state index contributed by atoms with van der Waals surface area (Å²) in [7, 11) is 0. The van der Waals surface area contributed by atoms with Gasteiger partial charge < -0.3 is 9.47 Å². The molecule has 0 saturated carbocycles. The van der Waals surface area contributed by atoms with Crippen molar-refractivity contribution in [3.63, 3.8) is 0 Å². The Bertz CT molecular complexity index is 864. The molecule has 1 aliphatic rings. The molecule has 26 heavy (non-hydrogen) atoms. The van der Waals surface area contributed by atoms with Crippen LogP contribution in [0.3, 0.4) is 0 Å². The Morgan fingerprint density at radius 3 is 2.92 bits per heavy atom. The van der Waals surface area contributed by atoms with Crippen molar-refractivity contribution in [1.82, 2.24) is 29.6 Å². The zero-order valence-corrected chi connectivity index (χ0v) is 14.4. The third kappa shape index (κ3) is 3.46. The van der Waals surface area contributed by atoms with Gasteiger partial charge in [0.1, 0.15) is 5.82 Å². The Hall–Kier alpha value is -3.09. The van der Waals surface area contributed by atoms with Gasteiger partial charge in [0.2, 0.25) is 0 Å². The molecule has 1 atom stereocenters. The fourth-order valence-electron chi connectivity index (χ4n) is 3.45. The number of carbonyl (C=O) groups is 1. The Balaban J connectivity index is 1.50. The highest BCUT2D eigenvalue weighted by Gasteiger charge is 2.28. The molecule has 1 saturated heterocycles. The maximum atomic E-state index is 12.7. The second-order valence-corrected chi connectivity index (χ2v) is 6.47. The third-order valence-electron chi connectivity index (χ3n) is 4.69. The van der Waals surface area contributed by atoms with Crippen LogP contribution in [0.15, 0.2) is 55.2 Å². The van der Waals surface area contributed by atoms with Gasteiger partial charge in [-0.05, 0) is 36.6 Å². The second kappa shape index (κ2) is 7.43. The lowest BCUT2D eigenvalue weighted by Gasteiger charge is -2.32. The molecule has 7 nitrogen and oxygen atoms in total. The first-order valence-electron chi connectivity index (χ1n) is 8.78. The highest BCUT2D eigenvalue weighted by Crippen LogP contribution is 2.27. The van der Waals surface area contributed by atoms with E-state index in [0.717, 1.165) is 37.3 Å². The van der Waals surface area contributed by atoms with Crippen LogP contribution in [0.25, 0.3) is 0 Å². The smallest absolute Gasteiger partial charge is 0.274 e. The zero-order valence-electron chi connectivity index (χ0n) is 14.4. The predicted octanol–water partition coefficient (Wildman–Crippen LogP) is 2.14. The molecule has 0 spiro atoms. The number of rotatable bonds is 4. The minimum absolute atomic E-state index is 0.0619. The molecule has 132 valence electrons. The van der Waals surface area contributed by atoms with Gasteiger partial charge in [0, 0.05) is 50.0 Å². The highest BCUT2D eigenvalue weighted by atomic mass is 16.2. The second-order valence-electron chi connectivity index (χ2n) is 6.47. The van der Waals surface area contributed by atoms with Crippen molar-refractivity contribution in [1.29, 1.82) is 0 Å². The van der Waals surface area contributed by atoms with Crippen LogP contribution in [-0.4, -0.2) is 48.6 Å². The Morgan fingerprint density at radius 1 is 1.19 bits per heavy atom. The van der Waals surface area contributed by atoms with Crippen LogP contribution >= 0.6 is 0 Å². The maximum Gasteiger partial charge on any atom is 0.274 e. The largest absolute Gasteiger partial charge is 0.337 e. The molecule has 1 aliphatic heterocycles. The first-order chi connectivity index (χ1) is 12.8. The number of imidazole rings is 1. The number of amides is 1. The lowest BCUT2D eigenvalue weighted by atomic mass is 9.96. The van der Waals surface area contributed by atoms with Crippen molar-refractivity contribution in [2.45, 2.75) is 25.3 Å². The van der Waals surface area contributed by atoms with E-state index in [-0.39, 0.29) is 11.8 Å².